The molecular formula is C12H10F4N2O2. The highest BCUT2D eigenvalue weighted by molar-refractivity contribution is 6.08. The van der Waals surface area contributed by atoms with Gasteiger partial charge in [0.1, 0.15) is 17.8 Å². The van der Waals surface area contributed by atoms with Crippen molar-refractivity contribution in [3.8, 4) is 0 Å². The van der Waals surface area contributed by atoms with Crippen LogP contribution in [0, 0.1) is 23.3 Å². The van der Waals surface area contributed by atoms with Gasteiger partial charge < -0.3 is 5.32 Å². The highest BCUT2D eigenvalue weighted by Crippen LogP contribution is 2.30. The van der Waals surface area contributed by atoms with E-state index in [2.05, 4.69) is 5.32 Å². The number of carbonyl (C=O) groups excluding carboxylic acids is 2. The SMILES string of the molecule is CC1(C)NC(=O)CN(c2c(F)c(F)cc(F)c2F)C1=O. The van der Waals surface area contributed by atoms with Crippen molar-refractivity contribution in [1.29, 1.82) is 0 Å². The fourth-order valence-corrected chi connectivity index (χ4v) is 1.97. The van der Waals surface area contributed by atoms with Crippen molar-refractivity contribution in [2.45, 2.75) is 19.4 Å². The summed E-state index contributed by atoms with van der Waals surface area (Å²) in [4.78, 5) is 23.9. The van der Waals surface area contributed by atoms with Gasteiger partial charge >= 0.3 is 0 Å². The van der Waals surface area contributed by atoms with E-state index in [4.69, 9.17) is 0 Å². The van der Waals surface area contributed by atoms with Crippen LogP contribution in [-0.2, 0) is 9.59 Å². The van der Waals surface area contributed by atoms with E-state index < -0.39 is 52.9 Å². The standard InChI is InChI=1S/C12H10F4N2O2/c1-12(2)11(20)18(4-7(19)17-12)10-8(15)5(13)3-6(14)9(10)16/h3H,4H2,1-2H3,(H,17,19). The van der Waals surface area contributed by atoms with Crippen LogP contribution < -0.4 is 10.2 Å². The van der Waals surface area contributed by atoms with Gasteiger partial charge in [-0.2, -0.15) is 0 Å². The topological polar surface area (TPSA) is 49.4 Å². The average Bonchev–Trinajstić information content (AvgIpc) is 2.32. The molecule has 1 aliphatic heterocycles. The molecule has 0 bridgehead atoms. The Kier molecular flexibility index (Phi) is 3.19. The maximum Gasteiger partial charge on any atom is 0.252 e. The first kappa shape index (κ1) is 14.3. The lowest BCUT2D eigenvalue weighted by molar-refractivity contribution is -0.134. The van der Waals surface area contributed by atoms with Crippen molar-refractivity contribution in [1.82, 2.24) is 5.32 Å². The Morgan fingerprint density at radius 2 is 1.60 bits per heavy atom. The van der Waals surface area contributed by atoms with E-state index in [1.54, 1.807) is 0 Å². The molecule has 0 aliphatic carbocycles. The summed E-state index contributed by atoms with van der Waals surface area (Å²) in [5.74, 6) is -8.30. The zero-order valence-corrected chi connectivity index (χ0v) is 10.6. The van der Waals surface area contributed by atoms with E-state index in [0.29, 0.717) is 4.90 Å². The lowest BCUT2D eigenvalue weighted by atomic mass is 9.99. The number of hydrogen-bond donors (Lipinski definition) is 1. The fraction of sp³-hybridized carbons (Fsp3) is 0.333. The second-order valence-corrected chi connectivity index (χ2v) is 4.88. The Hall–Kier alpha value is -2.12. The van der Waals surface area contributed by atoms with Gasteiger partial charge in [-0.15, -0.1) is 0 Å². The summed E-state index contributed by atoms with van der Waals surface area (Å²) in [5, 5.41) is 2.31. The maximum absolute atomic E-state index is 13.7. The summed E-state index contributed by atoms with van der Waals surface area (Å²) >= 11 is 0. The van der Waals surface area contributed by atoms with Crippen molar-refractivity contribution in [3.05, 3.63) is 29.3 Å². The van der Waals surface area contributed by atoms with Crippen LogP contribution >= 0.6 is 0 Å². The third-order valence-corrected chi connectivity index (χ3v) is 2.89. The molecule has 108 valence electrons. The minimum absolute atomic E-state index is 0.0355. The van der Waals surface area contributed by atoms with Crippen molar-refractivity contribution >= 4 is 17.5 Å². The molecule has 1 heterocycles. The number of benzene rings is 1. The molecule has 2 rings (SSSR count). The van der Waals surface area contributed by atoms with Crippen LogP contribution in [0.2, 0.25) is 0 Å². The first-order valence-corrected chi connectivity index (χ1v) is 5.61. The van der Waals surface area contributed by atoms with Gasteiger partial charge in [-0.3, -0.25) is 14.5 Å². The number of rotatable bonds is 1. The third kappa shape index (κ3) is 2.10. The summed E-state index contributed by atoms with van der Waals surface area (Å²) < 4.78 is 53.7. The molecule has 0 atom stereocenters. The fourth-order valence-electron chi connectivity index (χ4n) is 1.97. The molecule has 1 aromatic rings. The van der Waals surface area contributed by atoms with E-state index in [1.165, 1.54) is 13.8 Å². The molecule has 0 spiro atoms. The number of nitrogens with zero attached hydrogens (tertiary/aromatic N) is 1. The van der Waals surface area contributed by atoms with Gasteiger partial charge in [0, 0.05) is 6.07 Å². The number of carbonyl (C=O) groups is 2. The van der Waals surface area contributed by atoms with Gasteiger partial charge in [0.25, 0.3) is 5.91 Å². The van der Waals surface area contributed by atoms with Crippen LogP contribution in [0.25, 0.3) is 0 Å². The van der Waals surface area contributed by atoms with Gasteiger partial charge in [0.05, 0.1) is 0 Å². The Labute approximate surface area is 111 Å². The maximum atomic E-state index is 13.7. The average molecular weight is 290 g/mol. The Morgan fingerprint density at radius 1 is 1.10 bits per heavy atom. The van der Waals surface area contributed by atoms with Gasteiger partial charge in [0.2, 0.25) is 5.91 Å². The van der Waals surface area contributed by atoms with Gasteiger partial charge in [-0.25, -0.2) is 17.6 Å². The molecule has 0 aromatic heterocycles. The van der Waals surface area contributed by atoms with Crippen LogP contribution in [0.15, 0.2) is 6.07 Å². The van der Waals surface area contributed by atoms with E-state index in [-0.39, 0.29) is 6.07 Å². The molecule has 1 N–H and O–H groups in total. The van der Waals surface area contributed by atoms with Crippen molar-refractivity contribution < 1.29 is 27.2 Å². The third-order valence-electron chi connectivity index (χ3n) is 2.89. The van der Waals surface area contributed by atoms with Crippen LogP contribution in [0.1, 0.15) is 13.8 Å². The Morgan fingerprint density at radius 3 is 2.10 bits per heavy atom. The first-order chi connectivity index (χ1) is 9.15. The van der Waals surface area contributed by atoms with Crippen molar-refractivity contribution in [2.24, 2.45) is 0 Å². The van der Waals surface area contributed by atoms with E-state index in [1.807, 2.05) is 0 Å². The molecule has 0 unspecified atom stereocenters. The monoisotopic (exact) mass is 290 g/mol. The van der Waals surface area contributed by atoms with Crippen LogP contribution in [0.5, 0.6) is 0 Å². The predicted octanol–water partition coefficient (Wildman–Crippen LogP) is 1.48. The molecule has 1 aromatic carbocycles. The number of anilines is 1. The smallest absolute Gasteiger partial charge is 0.252 e. The lowest BCUT2D eigenvalue weighted by Crippen LogP contribution is -2.64. The Bertz CT molecular complexity index is 590. The second-order valence-electron chi connectivity index (χ2n) is 4.88. The van der Waals surface area contributed by atoms with E-state index in [0.717, 1.165) is 0 Å². The Balaban J connectivity index is 2.61. The summed E-state index contributed by atoms with van der Waals surface area (Å²) in [6, 6.07) is 0.0355. The normalized spacial score (nSPS) is 18.2. The highest BCUT2D eigenvalue weighted by Gasteiger charge is 2.42. The number of amides is 2. The minimum Gasteiger partial charge on any atom is -0.341 e. The largest absolute Gasteiger partial charge is 0.341 e. The van der Waals surface area contributed by atoms with E-state index >= 15 is 0 Å². The van der Waals surface area contributed by atoms with Gasteiger partial charge in [-0.1, -0.05) is 0 Å². The molecular weight excluding hydrogens is 280 g/mol. The zero-order chi connectivity index (χ0) is 15.2. The second kappa shape index (κ2) is 4.46. The van der Waals surface area contributed by atoms with Crippen molar-refractivity contribution in [3.63, 3.8) is 0 Å². The first-order valence-electron chi connectivity index (χ1n) is 5.61. The number of piperazine rings is 1. The molecule has 1 aliphatic rings. The molecule has 4 nitrogen and oxygen atoms in total. The molecule has 1 saturated heterocycles. The number of halogens is 4. The predicted molar refractivity (Wildman–Crippen MR) is 60.8 cm³/mol. The quantitative estimate of drug-likeness (QED) is 0.629. The van der Waals surface area contributed by atoms with Crippen LogP contribution in [0.4, 0.5) is 23.2 Å². The summed E-state index contributed by atoms with van der Waals surface area (Å²) in [5.41, 5.74) is -2.63. The molecule has 0 saturated carbocycles. The van der Waals surface area contributed by atoms with Crippen LogP contribution in [-0.4, -0.2) is 23.9 Å². The summed E-state index contributed by atoms with van der Waals surface area (Å²) in [7, 11) is 0. The highest BCUT2D eigenvalue weighted by atomic mass is 19.2. The minimum atomic E-state index is -1.72. The molecule has 0 radical (unpaired) electrons. The van der Waals surface area contributed by atoms with E-state index in [9.17, 15) is 27.2 Å². The van der Waals surface area contributed by atoms with Crippen molar-refractivity contribution in [2.75, 3.05) is 11.4 Å². The van der Waals surface area contributed by atoms with Crippen LogP contribution in [0.3, 0.4) is 0 Å². The van der Waals surface area contributed by atoms with Gasteiger partial charge in [-0.05, 0) is 13.8 Å². The zero-order valence-electron chi connectivity index (χ0n) is 10.6. The summed E-state index contributed by atoms with van der Waals surface area (Å²) in [6.45, 7) is 1.90. The lowest BCUT2D eigenvalue weighted by Gasteiger charge is -2.37. The molecule has 20 heavy (non-hydrogen) atoms. The molecule has 2 amide bonds. The summed E-state index contributed by atoms with van der Waals surface area (Å²) in [6.07, 6.45) is 0. The molecule has 1 fully saturated rings. The van der Waals surface area contributed by atoms with Gasteiger partial charge in [0.15, 0.2) is 23.3 Å². The number of nitrogens with one attached hydrogen (secondary N) is 1. The molecule has 8 heteroatoms. The number of hydrogen-bond acceptors (Lipinski definition) is 2.